The largest absolute Gasteiger partial charge is 0.507 e. The van der Waals surface area contributed by atoms with Crippen molar-refractivity contribution in [2.75, 3.05) is 14.2 Å². The van der Waals surface area contributed by atoms with Crippen LogP contribution in [-0.4, -0.2) is 67.3 Å². The van der Waals surface area contributed by atoms with E-state index in [2.05, 4.69) is 0 Å². The van der Waals surface area contributed by atoms with E-state index < -0.39 is 87.1 Å². The van der Waals surface area contributed by atoms with Crippen molar-refractivity contribution in [3.05, 3.63) is 50.1 Å². The van der Waals surface area contributed by atoms with E-state index in [1.807, 2.05) is 0 Å². The molecular formula is C34H40O12. The third-order valence-corrected chi connectivity index (χ3v) is 8.06. The molecule has 0 fully saturated rings. The van der Waals surface area contributed by atoms with Gasteiger partial charge in [-0.1, -0.05) is 13.8 Å². The SMILES string of the molecule is CCCC(=O)c1c(O)c(Cc2c(O)c(Cc3c(O)c(C)c(OC)c(C(=O)CCC)c3O)c(O)c(C(C)=O)c2O)c(O)c(C)c1OC. The maximum Gasteiger partial charge on any atom is 0.170 e. The Kier molecular flexibility index (Phi) is 10.7. The third-order valence-electron chi connectivity index (χ3n) is 8.06. The molecule has 7 N–H and O–H groups in total. The van der Waals surface area contributed by atoms with E-state index in [0.29, 0.717) is 12.8 Å². The quantitative estimate of drug-likeness (QED) is 0.114. The molecule has 0 amide bonds. The Morgan fingerprint density at radius 1 is 0.522 bits per heavy atom. The lowest BCUT2D eigenvalue weighted by molar-refractivity contribution is 0.0966. The van der Waals surface area contributed by atoms with Crippen molar-refractivity contribution in [3.63, 3.8) is 0 Å². The van der Waals surface area contributed by atoms with Gasteiger partial charge in [-0.05, 0) is 33.6 Å². The van der Waals surface area contributed by atoms with E-state index in [1.54, 1.807) is 13.8 Å². The van der Waals surface area contributed by atoms with Crippen LogP contribution < -0.4 is 9.47 Å². The molecule has 46 heavy (non-hydrogen) atoms. The first kappa shape index (κ1) is 35.4. The molecule has 0 aliphatic carbocycles. The molecule has 0 saturated carbocycles. The van der Waals surface area contributed by atoms with Crippen LogP contribution >= 0.6 is 0 Å². The van der Waals surface area contributed by atoms with Crippen LogP contribution in [0, 0.1) is 13.8 Å². The molecule has 0 radical (unpaired) electrons. The van der Waals surface area contributed by atoms with Gasteiger partial charge in [0, 0.05) is 59.1 Å². The summed E-state index contributed by atoms with van der Waals surface area (Å²) in [5, 5.41) is 78.2. The Labute approximate surface area is 266 Å². The molecule has 0 saturated heterocycles. The highest BCUT2D eigenvalue weighted by Crippen LogP contribution is 2.51. The number of aromatic hydroxyl groups is 7. The van der Waals surface area contributed by atoms with Gasteiger partial charge in [-0.25, -0.2) is 0 Å². The van der Waals surface area contributed by atoms with Crippen molar-refractivity contribution in [2.24, 2.45) is 0 Å². The zero-order valence-corrected chi connectivity index (χ0v) is 26.9. The van der Waals surface area contributed by atoms with E-state index in [1.165, 1.54) is 28.1 Å². The molecule has 0 atom stereocenters. The molecule has 12 nitrogen and oxygen atoms in total. The highest BCUT2D eigenvalue weighted by molar-refractivity contribution is 6.04. The maximum atomic E-state index is 13.0. The molecule has 0 aromatic heterocycles. The van der Waals surface area contributed by atoms with Crippen LogP contribution in [0.15, 0.2) is 0 Å². The summed E-state index contributed by atoms with van der Waals surface area (Å²) in [5.74, 6) is -6.81. The minimum Gasteiger partial charge on any atom is -0.507 e. The van der Waals surface area contributed by atoms with Gasteiger partial charge in [-0.2, -0.15) is 0 Å². The Hall–Kier alpha value is -5.13. The number of ether oxygens (including phenoxy) is 2. The van der Waals surface area contributed by atoms with Crippen molar-refractivity contribution >= 4 is 17.3 Å². The van der Waals surface area contributed by atoms with Crippen molar-refractivity contribution in [3.8, 4) is 51.7 Å². The molecule has 0 unspecified atom stereocenters. The Morgan fingerprint density at radius 3 is 1.11 bits per heavy atom. The van der Waals surface area contributed by atoms with Crippen LogP contribution in [0.3, 0.4) is 0 Å². The fourth-order valence-corrected chi connectivity index (χ4v) is 5.69. The molecule has 0 bridgehead atoms. The molecule has 3 rings (SSSR count). The lowest BCUT2D eigenvalue weighted by Gasteiger charge is -2.22. The minimum atomic E-state index is -0.863. The summed E-state index contributed by atoms with van der Waals surface area (Å²) in [7, 11) is 2.53. The molecule has 0 spiro atoms. The van der Waals surface area contributed by atoms with Crippen LogP contribution in [0.5, 0.6) is 51.7 Å². The van der Waals surface area contributed by atoms with Gasteiger partial charge in [0.05, 0.1) is 14.2 Å². The number of hydrogen-bond acceptors (Lipinski definition) is 12. The van der Waals surface area contributed by atoms with Crippen molar-refractivity contribution in [1.29, 1.82) is 0 Å². The summed E-state index contributed by atoms with van der Waals surface area (Å²) in [5.41, 5.74) is -2.29. The number of methoxy groups -OCH3 is 2. The van der Waals surface area contributed by atoms with Crippen LogP contribution in [0.1, 0.15) is 111 Å². The third kappa shape index (κ3) is 5.94. The monoisotopic (exact) mass is 640 g/mol. The molecule has 0 aliphatic heterocycles. The first-order valence-corrected chi connectivity index (χ1v) is 14.7. The summed E-state index contributed by atoms with van der Waals surface area (Å²) in [6, 6.07) is 0. The molecule has 3 aromatic rings. The summed E-state index contributed by atoms with van der Waals surface area (Å²) in [6.45, 7) is 7.45. The standard InChI is InChI=1S/C34H40O12/c1-8-10-21(36)24-31(43)17(26(38)14(3)33(24)45-6)12-19-28(40)20(30(42)23(16(5)35)29(19)41)13-18-27(39)15(4)34(46-7)25(32(18)44)22(37)11-9-2/h38-44H,8-13H2,1-7H3. The summed E-state index contributed by atoms with van der Waals surface area (Å²) in [4.78, 5) is 38.6. The predicted molar refractivity (Wildman–Crippen MR) is 168 cm³/mol. The predicted octanol–water partition coefficient (Wildman–Crippen LogP) is 5.61. The normalized spacial score (nSPS) is 11.0. The topological polar surface area (TPSA) is 211 Å². The first-order chi connectivity index (χ1) is 21.6. The smallest absolute Gasteiger partial charge is 0.170 e. The van der Waals surface area contributed by atoms with Crippen LogP contribution in [0.25, 0.3) is 0 Å². The van der Waals surface area contributed by atoms with E-state index in [0.717, 1.165) is 6.92 Å². The fraction of sp³-hybridized carbons (Fsp3) is 0.382. The maximum absolute atomic E-state index is 13.0. The van der Waals surface area contributed by atoms with Gasteiger partial charge in [0.2, 0.25) is 0 Å². The van der Waals surface area contributed by atoms with E-state index >= 15 is 0 Å². The van der Waals surface area contributed by atoms with Gasteiger partial charge in [-0.3, -0.25) is 14.4 Å². The number of phenolic OH excluding ortho intramolecular Hbond substituents is 7. The van der Waals surface area contributed by atoms with Crippen LogP contribution in [0.2, 0.25) is 0 Å². The molecule has 3 aromatic carbocycles. The molecular weight excluding hydrogens is 600 g/mol. The van der Waals surface area contributed by atoms with Gasteiger partial charge >= 0.3 is 0 Å². The first-order valence-electron chi connectivity index (χ1n) is 14.7. The Morgan fingerprint density at radius 2 is 0.826 bits per heavy atom. The zero-order chi connectivity index (χ0) is 34.8. The average Bonchev–Trinajstić information content (AvgIpc) is 2.99. The van der Waals surface area contributed by atoms with Gasteiger partial charge in [0.25, 0.3) is 0 Å². The second-order valence-electron chi connectivity index (χ2n) is 11.1. The van der Waals surface area contributed by atoms with Gasteiger partial charge in [0.1, 0.15) is 68.4 Å². The summed E-state index contributed by atoms with van der Waals surface area (Å²) < 4.78 is 10.6. The number of Topliss-reactive ketones (excluding diaryl/α,β-unsaturated/α-hetero) is 3. The Bertz CT molecular complexity index is 1620. The van der Waals surface area contributed by atoms with Gasteiger partial charge in [0.15, 0.2) is 17.3 Å². The van der Waals surface area contributed by atoms with Crippen molar-refractivity contribution < 1.29 is 59.6 Å². The number of phenols is 7. The van der Waals surface area contributed by atoms with Gasteiger partial charge < -0.3 is 45.2 Å². The number of benzene rings is 3. The van der Waals surface area contributed by atoms with Crippen molar-refractivity contribution in [2.45, 2.75) is 73.1 Å². The fourth-order valence-electron chi connectivity index (χ4n) is 5.69. The Balaban J connectivity index is 2.38. The number of hydrogen-bond donors (Lipinski definition) is 7. The number of carbonyl (C=O) groups excluding carboxylic acids is 3. The lowest BCUT2D eigenvalue weighted by Crippen LogP contribution is -2.09. The minimum absolute atomic E-state index is 0.0406. The summed E-state index contributed by atoms with van der Waals surface area (Å²) in [6.07, 6.45) is -0.312. The van der Waals surface area contributed by atoms with E-state index in [9.17, 15) is 50.1 Å². The molecule has 0 aliphatic rings. The van der Waals surface area contributed by atoms with E-state index in [-0.39, 0.29) is 57.7 Å². The molecule has 248 valence electrons. The zero-order valence-electron chi connectivity index (χ0n) is 26.9. The summed E-state index contributed by atoms with van der Waals surface area (Å²) >= 11 is 0. The van der Waals surface area contributed by atoms with Crippen molar-refractivity contribution in [1.82, 2.24) is 0 Å². The highest BCUT2D eigenvalue weighted by atomic mass is 16.5. The average molecular weight is 641 g/mol. The highest BCUT2D eigenvalue weighted by Gasteiger charge is 2.33. The lowest BCUT2D eigenvalue weighted by atomic mass is 9.87. The van der Waals surface area contributed by atoms with E-state index in [4.69, 9.17) is 9.47 Å². The van der Waals surface area contributed by atoms with Gasteiger partial charge in [-0.15, -0.1) is 0 Å². The molecule has 0 heterocycles. The number of rotatable bonds is 13. The second-order valence-corrected chi connectivity index (χ2v) is 11.1. The second kappa shape index (κ2) is 13.9. The van der Waals surface area contributed by atoms with Crippen LogP contribution in [0.4, 0.5) is 0 Å². The molecule has 12 heteroatoms. The van der Waals surface area contributed by atoms with Crippen LogP contribution in [-0.2, 0) is 12.8 Å². The number of carbonyl (C=O) groups is 3. The number of ketones is 3.